The zero-order valence-electron chi connectivity index (χ0n) is 14.9. The van der Waals surface area contributed by atoms with Crippen LogP contribution in [0.2, 0.25) is 0 Å². The molecule has 1 aliphatic rings. The maximum absolute atomic E-state index is 13.8. The molecule has 1 unspecified atom stereocenters. The Morgan fingerprint density at radius 2 is 2.16 bits per heavy atom. The van der Waals surface area contributed by atoms with Crippen molar-refractivity contribution < 1.29 is 19.0 Å². The minimum atomic E-state index is -0.324. The number of nitrogens with zero attached hydrogens (tertiary/aromatic N) is 1. The van der Waals surface area contributed by atoms with Gasteiger partial charge in [-0.15, -0.1) is 0 Å². The molecule has 2 rings (SSSR count). The average Bonchev–Trinajstić information content (AvgIpc) is 2.59. The minimum Gasteiger partial charge on any atom is -0.393 e. The Labute approximate surface area is 148 Å². The maximum atomic E-state index is 13.8. The predicted octanol–water partition coefficient (Wildman–Crippen LogP) is 1.20. The summed E-state index contributed by atoms with van der Waals surface area (Å²) in [6, 6.07) is 4.35. The highest BCUT2D eigenvalue weighted by Crippen LogP contribution is 2.29. The summed E-state index contributed by atoms with van der Waals surface area (Å²) in [5.74, 6) is -0.469. The number of hydrogen-bond donors (Lipinski definition) is 3. The average molecular weight is 353 g/mol. The molecule has 1 amide bonds. The number of anilines is 1. The molecule has 0 aliphatic carbocycles. The second-order valence-corrected chi connectivity index (χ2v) is 6.38. The number of aliphatic hydroxyl groups is 1. The summed E-state index contributed by atoms with van der Waals surface area (Å²) in [6.07, 6.45) is 1.12. The minimum absolute atomic E-state index is 0.145. The molecular formula is C18H28FN3O3. The van der Waals surface area contributed by atoms with Gasteiger partial charge in [0.05, 0.1) is 25.3 Å². The van der Waals surface area contributed by atoms with E-state index in [9.17, 15) is 14.3 Å². The van der Waals surface area contributed by atoms with Crippen LogP contribution in [-0.2, 0) is 9.53 Å². The second-order valence-electron chi connectivity index (χ2n) is 6.38. The molecule has 140 valence electrons. The van der Waals surface area contributed by atoms with Crippen molar-refractivity contribution >= 4 is 11.6 Å². The lowest BCUT2D eigenvalue weighted by molar-refractivity contribution is -0.120. The number of hydrogen-bond acceptors (Lipinski definition) is 5. The Morgan fingerprint density at radius 1 is 1.44 bits per heavy atom. The van der Waals surface area contributed by atoms with Crippen molar-refractivity contribution in [3.05, 3.63) is 29.6 Å². The van der Waals surface area contributed by atoms with Crippen molar-refractivity contribution in [2.45, 2.75) is 31.9 Å². The van der Waals surface area contributed by atoms with Crippen LogP contribution in [0, 0.1) is 5.82 Å². The van der Waals surface area contributed by atoms with Gasteiger partial charge in [-0.05, 0) is 38.0 Å². The van der Waals surface area contributed by atoms with Crippen LogP contribution in [0.1, 0.15) is 31.4 Å². The van der Waals surface area contributed by atoms with E-state index >= 15 is 0 Å². The van der Waals surface area contributed by atoms with Crippen LogP contribution < -0.4 is 15.5 Å². The largest absolute Gasteiger partial charge is 0.393 e. The molecule has 0 radical (unpaired) electrons. The van der Waals surface area contributed by atoms with E-state index in [1.165, 1.54) is 12.1 Å². The monoisotopic (exact) mass is 353 g/mol. The SMILES string of the molecule is COCCNCC(=O)NC(C)c1cc(F)ccc1N1CCC(O)CC1. The molecule has 0 saturated carbocycles. The molecule has 1 saturated heterocycles. The summed E-state index contributed by atoms with van der Waals surface area (Å²) in [5, 5.41) is 15.6. The van der Waals surface area contributed by atoms with E-state index in [0.29, 0.717) is 26.0 Å². The number of piperidine rings is 1. The molecule has 0 aromatic heterocycles. The first-order valence-corrected chi connectivity index (χ1v) is 8.72. The number of rotatable bonds is 8. The van der Waals surface area contributed by atoms with Crippen molar-refractivity contribution in [3.63, 3.8) is 0 Å². The van der Waals surface area contributed by atoms with Gasteiger partial charge in [-0.25, -0.2) is 4.39 Å². The van der Waals surface area contributed by atoms with Crippen molar-refractivity contribution in [2.75, 3.05) is 44.8 Å². The molecule has 25 heavy (non-hydrogen) atoms. The van der Waals surface area contributed by atoms with Gasteiger partial charge in [0.25, 0.3) is 0 Å². The van der Waals surface area contributed by atoms with Gasteiger partial charge >= 0.3 is 0 Å². The van der Waals surface area contributed by atoms with Gasteiger partial charge in [0.2, 0.25) is 5.91 Å². The quantitative estimate of drug-likeness (QED) is 0.613. The smallest absolute Gasteiger partial charge is 0.234 e. The number of benzene rings is 1. The lowest BCUT2D eigenvalue weighted by atomic mass is 10.0. The van der Waals surface area contributed by atoms with Gasteiger partial charge in [-0.3, -0.25) is 4.79 Å². The number of ether oxygens (including phenoxy) is 1. The lowest BCUT2D eigenvalue weighted by Gasteiger charge is -2.34. The molecule has 1 fully saturated rings. The molecule has 1 atom stereocenters. The van der Waals surface area contributed by atoms with Gasteiger partial charge < -0.3 is 25.4 Å². The van der Waals surface area contributed by atoms with E-state index in [-0.39, 0.29) is 30.4 Å². The fourth-order valence-electron chi connectivity index (χ4n) is 3.01. The molecular weight excluding hydrogens is 325 g/mol. The summed E-state index contributed by atoms with van der Waals surface area (Å²) in [4.78, 5) is 14.2. The zero-order valence-corrected chi connectivity index (χ0v) is 14.9. The summed E-state index contributed by atoms with van der Waals surface area (Å²) in [5.41, 5.74) is 1.66. The maximum Gasteiger partial charge on any atom is 0.234 e. The highest BCUT2D eigenvalue weighted by molar-refractivity contribution is 5.78. The molecule has 7 heteroatoms. The van der Waals surface area contributed by atoms with Gasteiger partial charge in [-0.1, -0.05) is 0 Å². The predicted molar refractivity (Wildman–Crippen MR) is 95.2 cm³/mol. The first-order valence-electron chi connectivity index (χ1n) is 8.72. The number of aliphatic hydroxyl groups excluding tert-OH is 1. The first kappa shape index (κ1) is 19.6. The standard InChI is InChI=1S/C18H28FN3O3/c1-13(21-18(24)12-20-7-10-25-2)16-11-14(19)3-4-17(16)22-8-5-15(23)6-9-22/h3-4,11,13,15,20,23H,5-10,12H2,1-2H3,(H,21,24). The fourth-order valence-corrected chi connectivity index (χ4v) is 3.01. The van der Waals surface area contributed by atoms with Gasteiger partial charge in [0.15, 0.2) is 0 Å². The van der Waals surface area contributed by atoms with Crippen LogP contribution in [0.5, 0.6) is 0 Å². The highest BCUT2D eigenvalue weighted by atomic mass is 19.1. The second kappa shape index (κ2) is 9.70. The molecule has 1 heterocycles. The Kier molecular flexibility index (Phi) is 7.61. The zero-order chi connectivity index (χ0) is 18.2. The number of carbonyl (C=O) groups excluding carboxylic acids is 1. The summed E-state index contributed by atoms with van der Waals surface area (Å²) < 4.78 is 18.7. The van der Waals surface area contributed by atoms with Gasteiger partial charge in [0, 0.05) is 38.0 Å². The summed E-state index contributed by atoms with van der Waals surface area (Å²) >= 11 is 0. The number of amides is 1. The molecule has 3 N–H and O–H groups in total. The molecule has 6 nitrogen and oxygen atoms in total. The van der Waals surface area contributed by atoms with Crippen LogP contribution in [0.4, 0.5) is 10.1 Å². The van der Waals surface area contributed by atoms with Crippen LogP contribution in [0.25, 0.3) is 0 Å². The van der Waals surface area contributed by atoms with Crippen LogP contribution in [0.15, 0.2) is 18.2 Å². The van der Waals surface area contributed by atoms with Crippen molar-refractivity contribution in [1.29, 1.82) is 0 Å². The Bertz CT molecular complexity index is 562. The topological polar surface area (TPSA) is 73.8 Å². The van der Waals surface area contributed by atoms with E-state index in [1.807, 2.05) is 6.92 Å². The normalized spacial score (nSPS) is 16.7. The van der Waals surface area contributed by atoms with Crippen molar-refractivity contribution in [3.8, 4) is 0 Å². The van der Waals surface area contributed by atoms with E-state index in [0.717, 1.165) is 24.3 Å². The van der Waals surface area contributed by atoms with Gasteiger partial charge in [-0.2, -0.15) is 0 Å². The van der Waals surface area contributed by atoms with Crippen LogP contribution in [0.3, 0.4) is 0 Å². The molecule has 0 bridgehead atoms. The number of nitrogens with one attached hydrogen (secondary N) is 2. The number of carbonyl (C=O) groups is 1. The van der Waals surface area contributed by atoms with E-state index in [4.69, 9.17) is 4.74 Å². The highest BCUT2D eigenvalue weighted by Gasteiger charge is 2.22. The number of methoxy groups -OCH3 is 1. The summed E-state index contributed by atoms with van der Waals surface area (Å²) in [6.45, 7) is 4.62. The Balaban J connectivity index is 2.01. The van der Waals surface area contributed by atoms with Gasteiger partial charge in [0.1, 0.15) is 5.82 Å². The molecule has 1 aromatic carbocycles. The van der Waals surface area contributed by atoms with Crippen molar-refractivity contribution in [2.24, 2.45) is 0 Å². The summed E-state index contributed by atoms with van der Waals surface area (Å²) in [7, 11) is 1.61. The molecule has 1 aliphatic heterocycles. The fraction of sp³-hybridized carbons (Fsp3) is 0.611. The van der Waals surface area contributed by atoms with E-state index < -0.39 is 0 Å². The number of halogens is 1. The molecule has 0 spiro atoms. The third-order valence-electron chi connectivity index (χ3n) is 4.41. The Hall–Kier alpha value is -1.70. The van der Waals surface area contributed by atoms with E-state index in [2.05, 4.69) is 15.5 Å². The van der Waals surface area contributed by atoms with Crippen LogP contribution in [-0.4, -0.2) is 57.0 Å². The van der Waals surface area contributed by atoms with Crippen molar-refractivity contribution in [1.82, 2.24) is 10.6 Å². The third-order valence-corrected chi connectivity index (χ3v) is 4.41. The third kappa shape index (κ3) is 5.95. The lowest BCUT2D eigenvalue weighted by Crippen LogP contribution is -2.39. The van der Waals surface area contributed by atoms with Crippen LogP contribution >= 0.6 is 0 Å². The Morgan fingerprint density at radius 3 is 2.84 bits per heavy atom. The first-order chi connectivity index (χ1) is 12.0. The van der Waals surface area contributed by atoms with E-state index in [1.54, 1.807) is 13.2 Å². The molecule has 1 aromatic rings.